The molecule has 4 rings (SSSR count). The van der Waals surface area contributed by atoms with Gasteiger partial charge in [0.2, 0.25) is 0 Å². The summed E-state index contributed by atoms with van der Waals surface area (Å²) in [5.41, 5.74) is 2.61. The Hall–Kier alpha value is -3.94. The van der Waals surface area contributed by atoms with Crippen LogP contribution in [0.25, 0.3) is 11.3 Å². The van der Waals surface area contributed by atoms with Gasteiger partial charge in [-0.05, 0) is 19.1 Å². The number of nitrogens with one attached hydrogen (secondary N) is 1. The van der Waals surface area contributed by atoms with Crippen molar-refractivity contribution in [3.8, 4) is 11.3 Å². The lowest BCUT2D eigenvalue weighted by atomic mass is 10.1. The maximum Gasteiger partial charge on any atom is 0.278 e. The summed E-state index contributed by atoms with van der Waals surface area (Å²) in [4.78, 5) is 28.4. The van der Waals surface area contributed by atoms with Crippen LogP contribution in [0.1, 0.15) is 45.2 Å². The van der Waals surface area contributed by atoms with Gasteiger partial charge < -0.3 is 14.2 Å². The summed E-state index contributed by atoms with van der Waals surface area (Å²) in [6, 6.07) is 11.0. The molecule has 1 amide bonds. The Morgan fingerprint density at radius 1 is 1.07 bits per heavy atom. The third-order valence-electron chi connectivity index (χ3n) is 4.48. The Morgan fingerprint density at radius 2 is 1.83 bits per heavy atom. The van der Waals surface area contributed by atoms with E-state index in [2.05, 4.69) is 15.4 Å². The Labute approximate surface area is 172 Å². The van der Waals surface area contributed by atoms with Crippen molar-refractivity contribution >= 4 is 17.4 Å². The second-order valence-electron chi connectivity index (χ2n) is 6.98. The number of benzene rings is 1. The highest BCUT2D eigenvalue weighted by Gasteiger charge is 2.21. The number of anilines is 1. The van der Waals surface area contributed by atoms with Crippen molar-refractivity contribution in [1.29, 1.82) is 0 Å². The van der Waals surface area contributed by atoms with Crippen LogP contribution >= 0.6 is 0 Å². The summed E-state index contributed by atoms with van der Waals surface area (Å²) in [5.74, 6) is 1.20. The van der Waals surface area contributed by atoms with Crippen LogP contribution in [0.3, 0.4) is 0 Å². The van der Waals surface area contributed by atoms with Crippen LogP contribution in [0.4, 0.5) is 5.69 Å². The van der Waals surface area contributed by atoms with E-state index in [0.29, 0.717) is 35.4 Å². The van der Waals surface area contributed by atoms with E-state index in [1.807, 2.05) is 31.2 Å². The second kappa shape index (κ2) is 7.82. The van der Waals surface area contributed by atoms with Gasteiger partial charge in [0.05, 0.1) is 18.4 Å². The van der Waals surface area contributed by atoms with Gasteiger partial charge in [0.25, 0.3) is 5.91 Å². The molecule has 0 saturated carbocycles. The van der Waals surface area contributed by atoms with Crippen molar-refractivity contribution < 1.29 is 18.4 Å². The van der Waals surface area contributed by atoms with Crippen molar-refractivity contribution in [3.05, 3.63) is 77.5 Å². The molecule has 152 valence electrons. The Morgan fingerprint density at radius 3 is 2.53 bits per heavy atom. The Balaban J connectivity index is 1.50. The van der Waals surface area contributed by atoms with E-state index in [1.165, 1.54) is 13.1 Å². The van der Waals surface area contributed by atoms with Gasteiger partial charge in [0, 0.05) is 25.6 Å². The predicted molar refractivity (Wildman–Crippen MR) is 109 cm³/mol. The molecule has 1 aromatic carbocycles. The lowest BCUT2D eigenvalue weighted by molar-refractivity contribution is 0.0983. The topological polar surface area (TPSA) is 103 Å². The SMILES string of the molecule is CC(=O)c1ccc(Cn2cc(NC(=O)c3nc(C)oc3-c3ccc(C)cc3)cn2)o1. The summed E-state index contributed by atoms with van der Waals surface area (Å²) in [6.45, 7) is 5.47. The van der Waals surface area contributed by atoms with Crippen molar-refractivity contribution in [2.24, 2.45) is 0 Å². The first kappa shape index (κ1) is 19.4. The smallest absolute Gasteiger partial charge is 0.278 e. The van der Waals surface area contributed by atoms with E-state index in [9.17, 15) is 9.59 Å². The van der Waals surface area contributed by atoms with Crippen LogP contribution in [-0.4, -0.2) is 26.5 Å². The number of Topliss-reactive ketones (excluding diaryl/α,β-unsaturated/α-hetero) is 1. The first-order valence-electron chi connectivity index (χ1n) is 9.37. The van der Waals surface area contributed by atoms with Crippen LogP contribution in [0, 0.1) is 13.8 Å². The van der Waals surface area contributed by atoms with Gasteiger partial charge in [-0.25, -0.2) is 4.98 Å². The number of ketones is 1. The Kier molecular flexibility index (Phi) is 5.05. The fourth-order valence-electron chi connectivity index (χ4n) is 3.00. The molecule has 8 nitrogen and oxygen atoms in total. The molecule has 0 aliphatic heterocycles. The summed E-state index contributed by atoms with van der Waals surface area (Å²) in [5, 5.41) is 7.01. The molecule has 3 aromatic heterocycles. The molecule has 0 aliphatic carbocycles. The third kappa shape index (κ3) is 4.07. The van der Waals surface area contributed by atoms with Crippen LogP contribution in [0.15, 0.2) is 57.6 Å². The molecule has 0 unspecified atom stereocenters. The molecule has 0 atom stereocenters. The van der Waals surface area contributed by atoms with Gasteiger partial charge in [-0.2, -0.15) is 5.10 Å². The first-order valence-corrected chi connectivity index (χ1v) is 9.37. The fourth-order valence-corrected chi connectivity index (χ4v) is 3.00. The zero-order valence-electron chi connectivity index (χ0n) is 16.8. The highest BCUT2D eigenvalue weighted by atomic mass is 16.4. The second-order valence-corrected chi connectivity index (χ2v) is 6.98. The minimum Gasteiger partial charge on any atom is -0.456 e. The van der Waals surface area contributed by atoms with E-state index in [-0.39, 0.29) is 17.4 Å². The van der Waals surface area contributed by atoms with Crippen molar-refractivity contribution in [3.63, 3.8) is 0 Å². The van der Waals surface area contributed by atoms with Gasteiger partial charge in [0.15, 0.2) is 28.9 Å². The highest BCUT2D eigenvalue weighted by molar-refractivity contribution is 6.06. The number of furan rings is 1. The van der Waals surface area contributed by atoms with Gasteiger partial charge in [-0.1, -0.05) is 29.8 Å². The van der Waals surface area contributed by atoms with E-state index in [4.69, 9.17) is 8.83 Å². The standard InChI is InChI=1S/C22H20N4O4/c1-13-4-6-16(7-5-13)21-20(24-15(3)29-21)22(28)25-17-10-23-26(11-17)12-18-8-9-19(30-18)14(2)27/h4-11H,12H2,1-3H3,(H,25,28). The molecule has 0 aliphatic rings. The summed E-state index contributed by atoms with van der Waals surface area (Å²) in [7, 11) is 0. The molecule has 0 fully saturated rings. The van der Waals surface area contributed by atoms with Crippen molar-refractivity contribution in [1.82, 2.24) is 14.8 Å². The summed E-state index contributed by atoms with van der Waals surface area (Å²) in [6.07, 6.45) is 3.21. The lowest BCUT2D eigenvalue weighted by Crippen LogP contribution is -2.13. The molecular weight excluding hydrogens is 384 g/mol. The number of nitrogens with zero attached hydrogens (tertiary/aromatic N) is 3. The highest BCUT2D eigenvalue weighted by Crippen LogP contribution is 2.26. The molecular formula is C22H20N4O4. The minimum atomic E-state index is -0.390. The maximum atomic E-state index is 12.8. The van der Waals surface area contributed by atoms with Gasteiger partial charge in [-0.15, -0.1) is 0 Å². The van der Waals surface area contributed by atoms with E-state index in [1.54, 1.807) is 29.9 Å². The molecule has 0 saturated heterocycles. The molecule has 0 radical (unpaired) electrons. The third-order valence-corrected chi connectivity index (χ3v) is 4.48. The summed E-state index contributed by atoms with van der Waals surface area (Å²) < 4.78 is 12.7. The number of aromatic nitrogens is 3. The number of hydrogen-bond acceptors (Lipinski definition) is 6. The number of aryl methyl sites for hydroxylation is 2. The number of hydrogen-bond donors (Lipinski definition) is 1. The van der Waals surface area contributed by atoms with Crippen LogP contribution in [0.2, 0.25) is 0 Å². The average Bonchev–Trinajstić information content (AvgIpc) is 3.43. The molecule has 30 heavy (non-hydrogen) atoms. The van der Waals surface area contributed by atoms with Crippen molar-refractivity contribution in [2.75, 3.05) is 5.32 Å². The fraction of sp³-hybridized carbons (Fsp3) is 0.182. The van der Waals surface area contributed by atoms with Gasteiger partial charge >= 0.3 is 0 Å². The van der Waals surface area contributed by atoms with E-state index in [0.717, 1.165) is 11.1 Å². The Bertz CT molecular complexity index is 1210. The first-order chi connectivity index (χ1) is 14.4. The van der Waals surface area contributed by atoms with Gasteiger partial charge in [-0.3, -0.25) is 14.3 Å². The molecule has 4 aromatic rings. The normalized spacial score (nSPS) is 10.9. The van der Waals surface area contributed by atoms with Crippen LogP contribution < -0.4 is 5.32 Å². The zero-order valence-corrected chi connectivity index (χ0v) is 16.8. The zero-order chi connectivity index (χ0) is 21.3. The largest absolute Gasteiger partial charge is 0.456 e. The maximum absolute atomic E-state index is 12.8. The van der Waals surface area contributed by atoms with Crippen molar-refractivity contribution in [2.45, 2.75) is 27.3 Å². The number of oxazole rings is 1. The number of rotatable bonds is 6. The van der Waals surface area contributed by atoms with Gasteiger partial charge in [0.1, 0.15) is 5.76 Å². The average molecular weight is 404 g/mol. The lowest BCUT2D eigenvalue weighted by Gasteiger charge is -2.03. The monoisotopic (exact) mass is 404 g/mol. The number of carbonyl (C=O) groups is 2. The quantitative estimate of drug-likeness (QED) is 0.482. The molecule has 0 bridgehead atoms. The van der Waals surface area contributed by atoms with Crippen LogP contribution in [0.5, 0.6) is 0 Å². The molecule has 1 N–H and O–H groups in total. The molecule has 0 spiro atoms. The van der Waals surface area contributed by atoms with E-state index < -0.39 is 0 Å². The number of amides is 1. The van der Waals surface area contributed by atoms with E-state index >= 15 is 0 Å². The predicted octanol–water partition coefficient (Wildman–Crippen LogP) is 4.25. The summed E-state index contributed by atoms with van der Waals surface area (Å²) >= 11 is 0. The van der Waals surface area contributed by atoms with Crippen LogP contribution in [-0.2, 0) is 6.54 Å². The molecule has 8 heteroatoms. The number of carbonyl (C=O) groups excluding carboxylic acids is 2. The molecule has 3 heterocycles. The minimum absolute atomic E-state index is 0.137.